The number of nitrogens with zero attached hydrogens (tertiary/aromatic N) is 3. The van der Waals surface area contributed by atoms with E-state index in [1.807, 2.05) is 0 Å². The number of esters is 1. The van der Waals surface area contributed by atoms with Crippen molar-refractivity contribution in [2.24, 2.45) is 0 Å². The molecule has 13 heteroatoms. The molecule has 0 aliphatic heterocycles. The van der Waals surface area contributed by atoms with Crippen LogP contribution in [0.3, 0.4) is 0 Å². The molecule has 26 heavy (non-hydrogen) atoms. The van der Waals surface area contributed by atoms with Crippen molar-refractivity contribution in [2.75, 3.05) is 19.0 Å². The van der Waals surface area contributed by atoms with Gasteiger partial charge in [-0.05, 0) is 23.5 Å². The highest BCUT2D eigenvalue weighted by molar-refractivity contribution is 7.18. The minimum Gasteiger partial charge on any atom is -0.490 e. The number of carbonyl (C=O) groups excluding carboxylic acids is 2. The third kappa shape index (κ3) is 4.47. The van der Waals surface area contributed by atoms with Crippen molar-refractivity contribution >= 4 is 39.0 Å². The molecule has 0 unspecified atom stereocenters. The highest BCUT2D eigenvalue weighted by Gasteiger charge is 2.20. The standard InChI is InChI=1S/C13H10N4O8S/c1-24-9-3-2-7(4-8(9)16(20)21)12(19)25-6-10(18)15-13-14-5-11(26-13)17(22)23/h2-5H,6H2,1H3,(H,14,15,18). The van der Waals surface area contributed by atoms with Crippen LogP contribution in [-0.2, 0) is 9.53 Å². The van der Waals surface area contributed by atoms with Crippen molar-refractivity contribution in [3.63, 3.8) is 0 Å². The van der Waals surface area contributed by atoms with Crippen molar-refractivity contribution in [3.05, 3.63) is 50.2 Å². The minimum atomic E-state index is -0.962. The van der Waals surface area contributed by atoms with Crippen molar-refractivity contribution < 1.29 is 28.9 Å². The molecular formula is C13H10N4O8S. The van der Waals surface area contributed by atoms with Crippen molar-refractivity contribution in [1.82, 2.24) is 4.98 Å². The number of anilines is 1. The molecule has 0 atom stereocenters. The molecule has 0 bridgehead atoms. The van der Waals surface area contributed by atoms with Crippen LogP contribution < -0.4 is 10.1 Å². The van der Waals surface area contributed by atoms with Crippen LogP contribution in [-0.4, -0.2) is 40.4 Å². The molecule has 1 N–H and O–H groups in total. The number of ether oxygens (including phenoxy) is 2. The van der Waals surface area contributed by atoms with Crippen molar-refractivity contribution in [1.29, 1.82) is 0 Å². The minimum absolute atomic E-state index is 0.0298. The number of nitro benzene ring substituents is 1. The number of nitro groups is 2. The predicted molar refractivity (Wildman–Crippen MR) is 87.3 cm³/mol. The summed E-state index contributed by atoms with van der Waals surface area (Å²) in [6.07, 6.45) is 0.975. The Balaban J connectivity index is 1.97. The van der Waals surface area contributed by atoms with Gasteiger partial charge in [0.25, 0.3) is 5.91 Å². The Morgan fingerprint density at radius 3 is 2.58 bits per heavy atom. The molecule has 1 heterocycles. The number of rotatable bonds is 7. The smallest absolute Gasteiger partial charge is 0.345 e. The zero-order chi connectivity index (χ0) is 19.3. The molecule has 0 saturated heterocycles. The van der Waals surface area contributed by atoms with E-state index in [4.69, 9.17) is 9.47 Å². The molecule has 1 aromatic carbocycles. The Labute approximate surface area is 148 Å². The lowest BCUT2D eigenvalue weighted by Crippen LogP contribution is -2.20. The molecule has 2 aromatic rings. The Bertz CT molecular complexity index is 881. The number of nitrogens with one attached hydrogen (secondary N) is 1. The molecule has 0 radical (unpaired) electrons. The second-order valence-electron chi connectivity index (χ2n) is 4.53. The molecular weight excluding hydrogens is 372 g/mol. The lowest BCUT2D eigenvalue weighted by Gasteiger charge is -2.06. The van der Waals surface area contributed by atoms with Gasteiger partial charge < -0.3 is 9.47 Å². The van der Waals surface area contributed by atoms with E-state index in [0.29, 0.717) is 11.3 Å². The zero-order valence-corrected chi connectivity index (χ0v) is 13.8. The zero-order valence-electron chi connectivity index (χ0n) is 13.0. The maximum Gasteiger partial charge on any atom is 0.345 e. The number of amides is 1. The lowest BCUT2D eigenvalue weighted by molar-refractivity contribution is -0.385. The average Bonchev–Trinajstić information content (AvgIpc) is 3.07. The Kier molecular flexibility index (Phi) is 5.74. The summed E-state index contributed by atoms with van der Waals surface area (Å²) in [5.74, 6) is -1.77. The van der Waals surface area contributed by atoms with Crippen LogP contribution in [0.4, 0.5) is 15.8 Å². The van der Waals surface area contributed by atoms with Gasteiger partial charge in [-0.1, -0.05) is 0 Å². The number of methoxy groups -OCH3 is 1. The van der Waals surface area contributed by atoms with Crippen LogP contribution >= 0.6 is 11.3 Å². The fourth-order valence-electron chi connectivity index (χ4n) is 1.74. The second kappa shape index (κ2) is 7.98. The van der Waals surface area contributed by atoms with Gasteiger partial charge in [-0.15, -0.1) is 0 Å². The highest BCUT2D eigenvalue weighted by Crippen LogP contribution is 2.28. The van der Waals surface area contributed by atoms with Gasteiger partial charge in [-0.2, -0.15) is 0 Å². The first-order valence-corrected chi connectivity index (χ1v) is 7.53. The van der Waals surface area contributed by atoms with Gasteiger partial charge >= 0.3 is 16.7 Å². The van der Waals surface area contributed by atoms with Gasteiger partial charge in [0.05, 0.1) is 22.5 Å². The normalized spacial score (nSPS) is 10.0. The summed E-state index contributed by atoms with van der Waals surface area (Å²) in [6, 6.07) is 3.43. The van der Waals surface area contributed by atoms with Gasteiger partial charge in [-0.25, -0.2) is 9.78 Å². The van der Waals surface area contributed by atoms with E-state index in [9.17, 15) is 29.8 Å². The molecule has 2 rings (SSSR count). The number of benzene rings is 1. The Morgan fingerprint density at radius 1 is 1.27 bits per heavy atom. The van der Waals surface area contributed by atoms with Gasteiger partial charge in [0.15, 0.2) is 17.5 Å². The summed E-state index contributed by atoms with van der Waals surface area (Å²) >= 11 is 0.638. The van der Waals surface area contributed by atoms with E-state index < -0.39 is 34.0 Å². The number of thiazole rings is 1. The molecule has 0 saturated carbocycles. The third-order valence-corrected chi connectivity index (χ3v) is 3.73. The first-order valence-electron chi connectivity index (χ1n) is 6.71. The molecule has 12 nitrogen and oxygen atoms in total. The monoisotopic (exact) mass is 382 g/mol. The van der Waals surface area contributed by atoms with Crippen LogP contribution in [0.25, 0.3) is 0 Å². The second-order valence-corrected chi connectivity index (χ2v) is 5.54. The topological polar surface area (TPSA) is 164 Å². The predicted octanol–water partition coefficient (Wildman–Crippen LogP) is 1.76. The van der Waals surface area contributed by atoms with Crippen molar-refractivity contribution in [3.8, 4) is 5.75 Å². The van der Waals surface area contributed by atoms with E-state index >= 15 is 0 Å². The summed E-state index contributed by atoms with van der Waals surface area (Å²) in [6.45, 7) is -0.702. The summed E-state index contributed by atoms with van der Waals surface area (Å²) in [5.41, 5.74) is -0.573. The molecule has 1 amide bonds. The average molecular weight is 382 g/mol. The summed E-state index contributed by atoms with van der Waals surface area (Å²) in [5, 5.41) is 23.4. The summed E-state index contributed by atoms with van der Waals surface area (Å²) < 4.78 is 9.57. The largest absolute Gasteiger partial charge is 0.490 e. The summed E-state index contributed by atoms with van der Waals surface area (Å²) in [4.78, 5) is 47.3. The first kappa shape index (κ1) is 18.7. The lowest BCUT2D eigenvalue weighted by atomic mass is 10.2. The fourth-order valence-corrected chi connectivity index (χ4v) is 2.39. The van der Waals surface area contributed by atoms with E-state index in [-0.39, 0.29) is 21.4 Å². The van der Waals surface area contributed by atoms with Gasteiger partial charge in [0, 0.05) is 6.07 Å². The molecule has 136 valence electrons. The van der Waals surface area contributed by atoms with Crippen molar-refractivity contribution in [2.45, 2.75) is 0 Å². The first-order chi connectivity index (χ1) is 12.3. The van der Waals surface area contributed by atoms with E-state index in [0.717, 1.165) is 12.3 Å². The Morgan fingerprint density at radius 2 is 2.00 bits per heavy atom. The number of hydrogen-bond donors (Lipinski definition) is 1. The highest BCUT2D eigenvalue weighted by atomic mass is 32.1. The van der Waals surface area contributed by atoms with Gasteiger partial charge in [0.1, 0.15) is 6.20 Å². The maximum atomic E-state index is 11.9. The number of hydrogen-bond acceptors (Lipinski definition) is 10. The Hall–Kier alpha value is -3.61. The number of carbonyl (C=O) groups is 2. The summed E-state index contributed by atoms with van der Waals surface area (Å²) in [7, 11) is 1.24. The molecule has 1 aromatic heterocycles. The fraction of sp³-hybridized carbons (Fsp3) is 0.154. The van der Waals surface area contributed by atoms with Crippen LogP contribution in [0, 0.1) is 20.2 Å². The van der Waals surface area contributed by atoms with Crippen LogP contribution in [0.2, 0.25) is 0 Å². The number of aromatic nitrogens is 1. The molecule has 0 fully saturated rings. The van der Waals surface area contributed by atoms with Crippen LogP contribution in [0.5, 0.6) is 5.75 Å². The molecule has 0 aliphatic rings. The van der Waals surface area contributed by atoms with Gasteiger partial charge in [0.2, 0.25) is 0 Å². The third-order valence-electron chi connectivity index (χ3n) is 2.87. The van der Waals surface area contributed by atoms with Crippen LogP contribution in [0.1, 0.15) is 10.4 Å². The SMILES string of the molecule is COc1ccc(C(=O)OCC(=O)Nc2ncc([N+](=O)[O-])s2)cc1[N+](=O)[O-]. The van der Waals surface area contributed by atoms with E-state index in [1.54, 1.807) is 0 Å². The maximum absolute atomic E-state index is 11.9. The molecule has 0 spiro atoms. The molecule has 0 aliphatic carbocycles. The van der Waals surface area contributed by atoms with Crippen LogP contribution in [0.15, 0.2) is 24.4 Å². The van der Waals surface area contributed by atoms with E-state index in [1.165, 1.54) is 19.2 Å². The van der Waals surface area contributed by atoms with E-state index in [2.05, 4.69) is 10.3 Å². The quantitative estimate of drug-likeness (QED) is 0.427. The van der Waals surface area contributed by atoms with Gasteiger partial charge in [-0.3, -0.25) is 30.3 Å².